The van der Waals surface area contributed by atoms with Crippen LogP contribution in [0.2, 0.25) is 0 Å². The fourth-order valence-corrected chi connectivity index (χ4v) is 3.33. The van der Waals surface area contributed by atoms with E-state index in [2.05, 4.69) is 0 Å². The van der Waals surface area contributed by atoms with Gasteiger partial charge in [-0.05, 0) is 46.2 Å². The van der Waals surface area contributed by atoms with Crippen LogP contribution in [-0.4, -0.2) is 46.6 Å². The van der Waals surface area contributed by atoms with E-state index in [0.29, 0.717) is 36.7 Å². The molecule has 1 aromatic carbocycles. The third-order valence-corrected chi connectivity index (χ3v) is 4.81. The van der Waals surface area contributed by atoms with Crippen LogP contribution in [0.5, 0.6) is 0 Å². The Morgan fingerprint density at radius 3 is 1.73 bits per heavy atom. The Bertz CT molecular complexity index is 700. The summed E-state index contributed by atoms with van der Waals surface area (Å²) in [6.45, 7) is 10.1. The summed E-state index contributed by atoms with van der Waals surface area (Å²) in [5.41, 5.74) is 0.439. The van der Waals surface area contributed by atoms with Crippen LogP contribution in [0.4, 0.5) is 32.0 Å². The third kappa shape index (κ3) is 5.19. The molecule has 10 heteroatoms. The van der Waals surface area contributed by atoms with Gasteiger partial charge in [-0.3, -0.25) is 10.3 Å². The van der Waals surface area contributed by atoms with Gasteiger partial charge >= 0.3 is 18.3 Å². The van der Waals surface area contributed by atoms with Crippen LogP contribution >= 0.6 is 0 Å². The van der Waals surface area contributed by atoms with Gasteiger partial charge in [-0.2, -0.15) is 26.3 Å². The molecule has 0 aliphatic heterocycles. The minimum Gasteiger partial charge on any atom is -0.369 e. The molecule has 0 aliphatic carbocycles. The molecule has 0 radical (unpaired) electrons. The molecule has 0 heterocycles. The summed E-state index contributed by atoms with van der Waals surface area (Å²) in [7, 11) is 0. The van der Waals surface area contributed by atoms with Crippen LogP contribution in [0.1, 0.15) is 53.0 Å². The van der Waals surface area contributed by atoms with Crippen molar-refractivity contribution < 1.29 is 36.0 Å². The first-order chi connectivity index (χ1) is 13.6. The van der Waals surface area contributed by atoms with Gasteiger partial charge in [0.15, 0.2) is 0 Å². The van der Waals surface area contributed by atoms with E-state index in [4.69, 9.17) is 5.73 Å². The summed E-state index contributed by atoms with van der Waals surface area (Å²) in [6.07, 6.45) is -10.3. The maximum absolute atomic E-state index is 13.1. The molecular weight excluding hydrogens is 412 g/mol. The monoisotopic (exact) mass is 442 g/mol. The van der Waals surface area contributed by atoms with Crippen LogP contribution in [0.3, 0.4) is 0 Å². The summed E-state index contributed by atoms with van der Waals surface area (Å²) in [6, 6.07) is 3.54. The standard InChI is InChI=1S/C20H29F6N3O/c1-6-7-12-28(17(27)29(13(2)3)14(4)5)16-10-8-15(9-11-16)18(30,19(21,22)23)20(24,25)26/h8-11,13-14,27,30H,6-7,12H2,1-5H3/p+1. The lowest BCUT2D eigenvalue weighted by atomic mass is 9.92. The average Bonchev–Trinajstić information content (AvgIpc) is 2.59. The van der Waals surface area contributed by atoms with Crippen molar-refractivity contribution in [2.24, 2.45) is 5.73 Å². The maximum atomic E-state index is 13.1. The average molecular weight is 442 g/mol. The van der Waals surface area contributed by atoms with Gasteiger partial charge in [0.25, 0.3) is 5.60 Å². The molecule has 0 amide bonds. The molecule has 0 atom stereocenters. The van der Waals surface area contributed by atoms with Crippen LogP contribution in [0.15, 0.2) is 24.3 Å². The van der Waals surface area contributed by atoms with E-state index in [-0.39, 0.29) is 12.1 Å². The molecule has 30 heavy (non-hydrogen) atoms. The highest BCUT2D eigenvalue weighted by atomic mass is 19.4. The Balaban J connectivity index is 3.53. The number of guanidine groups is 1. The zero-order valence-corrected chi connectivity index (χ0v) is 17.8. The van der Waals surface area contributed by atoms with Crippen LogP contribution < -0.4 is 10.6 Å². The third-order valence-electron chi connectivity index (χ3n) is 4.81. The number of rotatable bonds is 7. The Morgan fingerprint density at radius 1 is 0.967 bits per heavy atom. The van der Waals surface area contributed by atoms with Crippen molar-refractivity contribution in [2.45, 2.75) is 77.5 Å². The van der Waals surface area contributed by atoms with Gasteiger partial charge in [-0.25, -0.2) is 4.90 Å². The van der Waals surface area contributed by atoms with E-state index < -0.39 is 23.5 Å². The van der Waals surface area contributed by atoms with Crippen molar-refractivity contribution in [3.63, 3.8) is 0 Å². The van der Waals surface area contributed by atoms with Crippen molar-refractivity contribution in [1.82, 2.24) is 0 Å². The topological polar surface area (TPSA) is 52.5 Å². The van der Waals surface area contributed by atoms with Crippen LogP contribution in [-0.2, 0) is 5.60 Å². The molecule has 4 nitrogen and oxygen atoms in total. The number of aliphatic hydroxyl groups is 1. The van der Waals surface area contributed by atoms with Crippen molar-refractivity contribution >= 4 is 11.6 Å². The minimum absolute atomic E-state index is 0.0222. The number of nitrogens with two attached hydrogens (primary N) is 1. The molecule has 0 saturated heterocycles. The highest BCUT2D eigenvalue weighted by molar-refractivity contribution is 5.91. The molecule has 1 aromatic rings. The molecule has 0 saturated carbocycles. The number of benzene rings is 1. The van der Waals surface area contributed by atoms with Gasteiger partial charge in [0.2, 0.25) is 0 Å². The molecule has 0 fully saturated rings. The van der Waals surface area contributed by atoms with E-state index in [0.717, 1.165) is 18.6 Å². The first-order valence-electron chi connectivity index (χ1n) is 9.74. The zero-order chi connectivity index (χ0) is 23.5. The molecule has 1 rings (SSSR count). The molecule has 0 bridgehead atoms. The highest BCUT2D eigenvalue weighted by Gasteiger charge is 2.71. The van der Waals surface area contributed by atoms with Crippen LogP contribution in [0, 0.1) is 0 Å². The molecule has 172 valence electrons. The fraction of sp³-hybridized carbons (Fsp3) is 0.650. The summed E-state index contributed by atoms with van der Waals surface area (Å²) in [4.78, 5) is 1.66. The van der Waals surface area contributed by atoms with Crippen molar-refractivity contribution in [3.05, 3.63) is 29.8 Å². The Labute approximate surface area is 173 Å². The smallest absolute Gasteiger partial charge is 0.369 e. The first kappa shape index (κ1) is 26.1. The Hall–Kier alpha value is -1.97. The summed E-state index contributed by atoms with van der Waals surface area (Å²) in [5.74, 6) is 0.350. The number of hydrogen-bond donors (Lipinski definition) is 2. The number of hydrogen-bond acceptors (Lipinski definition) is 1. The Kier molecular flexibility index (Phi) is 8.21. The van der Waals surface area contributed by atoms with E-state index in [1.165, 1.54) is 0 Å². The SMILES string of the molecule is CCCCN(C(N)=[N+](C(C)C)C(C)C)c1ccc(C(O)(C(F)(F)F)C(F)(F)F)cc1. The normalized spacial score (nSPS) is 13.1. The number of nitrogens with zero attached hydrogens (tertiary/aromatic N) is 2. The lowest BCUT2D eigenvalue weighted by Gasteiger charge is -2.33. The van der Waals surface area contributed by atoms with Crippen molar-refractivity contribution in [3.8, 4) is 0 Å². The zero-order valence-electron chi connectivity index (χ0n) is 17.8. The summed E-state index contributed by atoms with van der Waals surface area (Å²) in [5, 5.41) is 9.57. The fourth-order valence-electron chi connectivity index (χ4n) is 3.33. The number of anilines is 1. The largest absolute Gasteiger partial charge is 0.430 e. The second-order valence-corrected chi connectivity index (χ2v) is 7.71. The maximum Gasteiger partial charge on any atom is 0.430 e. The molecular formula is C20H30F6N3O+. The molecule has 0 aromatic heterocycles. The van der Waals surface area contributed by atoms with Gasteiger partial charge in [0, 0.05) is 5.56 Å². The number of unbranched alkanes of at least 4 members (excludes halogenated alkanes) is 1. The summed E-state index contributed by atoms with van der Waals surface area (Å²) < 4.78 is 80.6. The van der Waals surface area contributed by atoms with Gasteiger partial charge in [-0.1, -0.05) is 25.5 Å². The van der Waals surface area contributed by atoms with Gasteiger partial charge < -0.3 is 5.11 Å². The van der Waals surface area contributed by atoms with Crippen molar-refractivity contribution in [2.75, 3.05) is 11.4 Å². The van der Waals surface area contributed by atoms with Crippen molar-refractivity contribution in [1.29, 1.82) is 0 Å². The quantitative estimate of drug-likeness (QED) is 0.277. The lowest BCUT2D eigenvalue weighted by molar-refractivity contribution is -0.589. The summed E-state index contributed by atoms with van der Waals surface area (Å²) >= 11 is 0. The predicted octanol–water partition coefficient (Wildman–Crippen LogP) is 4.75. The van der Waals surface area contributed by atoms with Gasteiger partial charge in [0.05, 0.1) is 18.6 Å². The molecule has 3 N–H and O–H groups in total. The van der Waals surface area contributed by atoms with Crippen LogP contribution in [0.25, 0.3) is 0 Å². The molecule has 0 spiro atoms. The van der Waals surface area contributed by atoms with E-state index in [1.807, 2.05) is 39.2 Å². The predicted molar refractivity (Wildman–Crippen MR) is 104 cm³/mol. The van der Waals surface area contributed by atoms with E-state index >= 15 is 0 Å². The molecule has 0 unspecified atom stereocenters. The first-order valence-corrected chi connectivity index (χ1v) is 9.74. The highest BCUT2D eigenvalue weighted by Crippen LogP contribution is 2.50. The van der Waals surface area contributed by atoms with Gasteiger partial charge in [-0.15, -0.1) is 0 Å². The Morgan fingerprint density at radius 2 is 1.40 bits per heavy atom. The van der Waals surface area contributed by atoms with Gasteiger partial charge in [0.1, 0.15) is 5.69 Å². The second-order valence-electron chi connectivity index (χ2n) is 7.71. The minimum atomic E-state index is -5.92. The van der Waals surface area contributed by atoms with E-state index in [1.54, 1.807) is 4.90 Å². The lowest BCUT2D eigenvalue weighted by Crippen LogP contribution is -2.54. The number of halogens is 6. The van der Waals surface area contributed by atoms with E-state index in [9.17, 15) is 31.4 Å². The second kappa shape index (κ2) is 9.45. The molecule has 0 aliphatic rings. The number of alkyl halides is 6.